The van der Waals surface area contributed by atoms with Gasteiger partial charge in [-0.15, -0.1) is 0 Å². The van der Waals surface area contributed by atoms with E-state index in [0.29, 0.717) is 13.2 Å². The number of hydrogen-bond donors (Lipinski definition) is 0. The Hall–Kier alpha value is -4.18. The second-order valence-electron chi connectivity index (χ2n) is 9.41. The highest BCUT2D eigenvalue weighted by molar-refractivity contribution is 5.82. The molecule has 4 heteroatoms. The van der Waals surface area contributed by atoms with Crippen LogP contribution >= 0.6 is 0 Å². The van der Waals surface area contributed by atoms with E-state index in [1.54, 1.807) is 0 Å². The van der Waals surface area contributed by atoms with Crippen molar-refractivity contribution in [3.05, 3.63) is 119 Å². The number of aliphatic imine (C=N–C) groups is 2. The molecule has 0 radical (unpaired) electrons. The van der Waals surface area contributed by atoms with Crippen molar-refractivity contribution in [3.8, 4) is 11.5 Å². The number of ether oxygens (including phenoxy) is 2. The average Bonchev–Trinajstić information content (AvgIpc) is 2.98. The molecular formula is C35H38N2O2. The first kappa shape index (κ1) is 27.8. The summed E-state index contributed by atoms with van der Waals surface area (Å²) < 4.78 is 11.0. The summed E-state index contributed by atoms with van der Waals surface area (Å²) in [6.07, 6.45) is 9.67. The Kier molecular flexibility index (Phi) is 10.9. The second kappa shape index (κ2) is 15.3. The normalized spacial score (nSPS) is 11.3. The Morgan fingerprint density at radius 3 is 1.23 bits per heavy atom. The van der Waals surface area contributed by atoms with Crippen molar-refractivity contribution in [2.24, 2.45) is 9.98 Å². The quantitative estimate of drug-likeness (QED) is 0.123. The lowest BCUT2D eigenvalue weighted by Gasteiger charge is -2.04. The van der Waals surface area contributed by atoms with Crippen LogP contribution in [-0.2, 0) is 12.8 Å². The predicted molar refractivity (Wildman–Crippen MR) is 164 cm³/mol. The van der Waals surface area contributed by atoms with Gasteiger partial charge in [0, 0.05) is 12.4 Å². The molecule has 0 heterocycles. The van der Waals surface area contributed by atoms with Crippen LogP contribution in [0.3, 0.4) is 0 Å². The van der Waals surface area contributed by atoms with E-state index in [1.165, 1.54) is 30.4 Å². The Bertz CT molecular complexity index is 1200. The van der Waals surface area contributed by atoms with E-state index in [9.17, 15) is 0 Å². The van der Waals surface area contributed by atoms with Gasteiger partial charge < -0.3 is 9.47 Å². The summed E-state index contributed by atoms with van der Waals surface area (Å²) in [6, 6.07) is 33.2. The molecule has 39 heavy (non-hydrogen) atoms. The maximum absolute atomic E-state index is 5.48. The fourth-order valence-electron chi connectivity index (χ4n) is 4.26. The van der Waals surface area contributed by atoms with E-state index in [1.807, 2.05) is 74.8 Å². The van der Waals surface area contributed by atoms with Crippen molar-refractivity contribution in [1.82, 2.24) is 0 Å². The van der Waals surface area contributed by atoms with Gasteiger partial charge in [-0.3, -0.25) is 9.98 Å². The van der Waals surface area contributed by atoms with Crippen molar-refractivity contribution in [2.75, 3.05) is 13.2 Å². The summed E-state index contributed by atoms with van der Waals surface area (Å²) in [7, 11) is 0. The Morgan fingerprint density at radius 1 is 0.487 bits per heavy atom. The Balaban J connectivity index is 1.14. The van der Waals surface area contributed by atoms with Gasteiger partial charge in [0.05, 0.1) is 24.6 Å². The lowest BCUT2D eigenvalue weighted by Crippen LogP contribution is -1.91. The van der Waals surface area contributed by atoms with Gasteiger partial charge in [-0.1, -0.05) is 55.0 Å². The molecule has 0 N–H and O–H groups in total. The van der Waals surface area contributed by atoms with E-state index < -0.39 is 0 Å². The van der Waals surface area contributed by atoms with Crippen molar-refractivity contribution in [2.45, 2.75) is 46.0 Å². The predicted octanol–water partition coefficient (Wildman–Crippen LogP) is 8.94. The van der Waals surface area contributed by atoms with Gasteiger partial charge in [0.1, 0.15) is 11.5 Å². The van der Waals surface area contributed by atoms with Crippen molar-refractivity contribution < 1.29 is 9.47 Å². The minimum absolute atomic E-state index is 0.673. The Morgan fingerprint density at radius 2 is 0.872 bits per heavy atom. The topological polar surface area (TPSA) is 43.2 Å². The maximum Gasteiger partial charge on any atom is 0.119 e. The first-order chi connectivity index (χ1) is 19.2. The van der Waals surface area contributed by atoms with Crippen LogP contribution < -0.4 is 9.47 Å². The highest BCUT2D eigenvalue weighted by Gasteiger charge is 1.99. The van der Waals surface area contributed by atoms with Crippen LogP contribution in [0.2, 0.25) is 0 Å². The highest BCUT2D eigenvalue weighted by atomic mass is 16.5. The standard InChI is InChI=1S/C35H38N2O2/c1-3-38-34-22-18-32(19-23-34)36-26-30-14-10-28(11-15-30)8-6-5-7-9-29-12-16-31(17-13-29)27-37-33-20-24-35(25-21-33)39-4-2/h10-27H,3-9H2,1-2H3. The summed E-state index contributed by atoms with van der Waals surface area (Å²) >= 11 is 0. The summed E-state index contributed by atoms with van der Waals surface area (Å²) in [6.45, 7) is 5.32. The van der Waals surface area contributed by atoms with Crippen LogP contribution in [0.15, 0.2) is 107 Å². The largest absolute Gasteiger partial charge is 0.494 e. The molecule has 0 saturated carbocycles. The molecule has 0 amide bonds. The summed E-state index contributed by atoms with van der Waals surface area (Å²) in [5, 5.41) is 0. The summed E-state index contributed by atoms with van der Waals surface area (Å²) in [4.78, 5) is 9.14. The third-order valence-corrected chi connectivity index (χ3v) is 6.41. The molecule has 0 aliphatic rings. The number of rotatable bonds is 14. The van der Waals surface area contributed by atoms with Crippen LogP contribution in [-0.4, -0.2) is 25.6 Å². The molecule has 0 unspecified atom stereocenters. The lowest BCUT2D eigenvalue weighted by molar-refractivity contribution is 0.340. The zero-order valence-corrected chi connectivity index (χ0v) is 23.1. The molecule has 200 valence electrons. The second-order valence-corrected chi connectivity index (χ2v) is 9.41. The van der Waals surface area contributed by atoms with Crippen LogP contribution in [0.1, 0.15) is 55.4 Å². The third-order valence-electron chi connectivity index (χ3n) is 6.41. The van der Waals surface area contributed by atoms with E-state index in [2.05, 4.69) is 58.5 Å². The number of nitrogens with zero attached hydrogens (tertiary/aromatic N) is 2. The van der Waals surface area contributed by atoms with Gasteiger partial charge in [-0.05, 0) is 110 Å². The molecule has 4 aromatic carbocycles. The van der Waals surface area contributed by atoms with Crippen molar-refractivity contribution in [1.29, 1.82) is 0 Å². The molecule has 4 aromatic rings. The first-order valence-corrected chi connectivity index (χ1v) is 13.9. The van der Waals surface area contributed by atoms with Gasteiger partial charge in [-0.2, -0.15) is 0 Å². The molecule has 4 nitrogen and oxygen atoms in total. The minimum atomic E-state index is 0.673. The van der Waals surface area contributed by atoms with E-state index >= 15 is 0 Å². The van der Waals surface area contributed by atoms with E-state index in [-0.39, 0.29) is 0 Å². The molecule has 0 aliphatic heterocycles. The Labute approximate surface area is 233 Å². The minimum Gasteiger partial charge on any atom is -0.494 e. The van der Waals surface area contributed by atoms with Crippen molar-refractivity contribution in [3.63, 3.8) is 0 Å². The van der Waals surface area contributed by atoms with Gasteiger partial charge in [-0.25, -0.2) is 0 Å². The third kappa shape index (κ3) is 9.57. The molecule has 0 saturated heterocycles. The zero-order chi connectivity index (χ0) is 27.1. The summed E-state index contributed by atoms with van der Waals surface area (Å²) in [5.41, 5.74) is 6.83. The lowest BCUT2D eigenvalue weighted by atomic mass is 10.0. The molecule has 0 aliphatic carbocycles. The van der Waals surface area contributed by atoms with Crippen LogP contribution in [0.25, 0.3) is 0 Å². The van der Waals surface area contributed by atoms with Gasteiger partial charge in [0.2, 0.25) is 0 Å². The maximum atomic E-state index is 5.48. The zero-order valence-electron chi connectivity index (χ0n) is 23.1. The highest BCUT2D eigenvalue weighted by Crippen LogP contribution is 2.19. The van der Waals surface area contributed by atoms with Gasteiger partial charge in [0.15, 0.2) is 0 Å². The van der Waals surface area contributed by atoms with Crippen LogP contribution in [0.5, 0.6) is 11.5 Å². The van der Waals surface area contributed by atoms with Crippen LogP contribution in [0, 0.1) is 0 Å². The first-order valence-electron chi connectivity index (χ1n) is 13.9. The molecule has 0 bridgehead atoms. The SMILES string of the molecule is CCOc1ccc(N=Cc2ccc(CCCCCc3ccc(C=Nc4ccc(OCC)cc4)cc3)cc2)cc1. The molecule has 0 atom stereocenters. The van der Waals surface area contributed by atoms with E-state index in [4.69, 9.17) is 9.47 Å². The number of benzene rings is 4. The molecule has 0 spiro atoms. The molecular weight excluding hydrogens is 480 g/mol. The van der Waals surface area contributed by atoms with Gasteiger partial charge in [0.25, 0.3) is 0 Å². The van der Waals surface area contributed by atoms with Gasteiger partial charge >= 0.3 is 0 Å². The van der Waals surface area contributed by atoms with Crippen LogP contribution in [0.4, 0.5) is 11.4 Å². The number of unbranched alkanes of at least 4 members (excludes halogenated alkanes) is 2. The molecule has 0 aromatic heterocycles. The smallest absolute Gasteiger partial charge is 0.119 e. The number of aryl methyl sites for hydroxylation is 2. The van der Waals surface area contributed by atoms with E-state index in [0.717, 1.165) is 46.8 Å². The average molecular weight is 519 g/mol. The number of hydrogen-bond acceptors (Lipinski definition) is 4. The molecule has 4 rings (SSSR count). The summed E-state index contributed by atoms with van der Waals surface area (Å²) in [5.74, 6) is 1.75. The fraction of sp³-hybridized carbons (Fsp3) is 0.257. The fourth-order valence-corrected chi connectivity index (χ4v) is 4.26. The van der Waals surface area contributed by atoms with Crippen molar-refractivity contribution >= 4 is 23.8 Å². The molecule has 0 fully saturated rings. The monoisotopic (exact) mass is 518 g/mol.